The summed E-state index contributed by atoms with van der Waals surface area (Å²) in [5, 5.41) is 15.8. The third kappa shape index (κ3) is 5.32. The van der Waals surface area contributed by atoms with E-state index in [1.54, 1.807) is 4.68 Å². The van der Waals surface area contributed by atoms with Crippen LogP contribution in [0.4, 0.5) is 13.2 Å². The second-order valence-corrected chi connectivity index (χ2v) is 7.33. The Kier molecular flexibility index (Phi) is 6.49. The molecule has 0 unspecified atom stereocenters. The lowest BCUT2D eigenvalue weighted by molar-refractivity contribution is -0.143. The molecule has 1 aliphatic carbocycles. The quantitative estimate of drug-likeness (QED) is 0.650. The molecule has 0 aliphatic heterocycles. The van der Waals surface area contributed by atoms with Crippen LogP contribution < -0.4 is 5.32 Å². The predicted octanol–water partition coefficient (Wildman–Crippen LogP) is 3.14. The van der Waals surface area contributed by atoms with Crippen LogP contribution in [0.5, 0.6) is 0 Å². The van der Waals surface area contributed by atoms with Crippen LogP contribution in [0.25, 0.3) is 5.69 Å². The van der Waals surface area contributed by atoms with Crippen LogP contribution >= 0.6 is 0 Å². The molecule has 10 heteroatoms. The lowest BCUT2D eigenvalue weighted by Crippen LogP contribution is -2.35. The Bertz CT molecular complexity index is 997. The van der Waals surface area contributed by atoms with Gasteiger partial charge < -0.3 is 15.2 Å². The van der Waals surface area contributed by atoms with E-state index in [0.29, 0.717) is 12.1 Å². The number of ether oxygens (including phenoxy) is 1. The van der Waals surface area contributed by atoms with Crippen molar-refractivity contribution in [3.8, 4) is 5.69 Å². The summed E-state index contributed by atoms with van der Waals surface area (Å²) < 4.78 is 44.8. The fraction of sp³-hybridized carbons (Fsp3) is 0.381. The number of halogens is 3. The highest BCUT2D eigenvalue weighted by atomic mass is 19.4. The van der Waals surface area contributed by atoms with Crippen LogP contribution in [0.15, 0.2) is 36.4 Å². The van der Waals surface area contributed by atoms with Gasteiger partial charge in [0.25, 0.3) is 0 Å². The number of hydrogen-bond donors (Lipinski definition) is 2. The number of hydrogen-bond acceptors (Lipinski definition) is 4. The van der Waals surface area contributed by atoms with E-state index < -0.39 is 30.2 Å². The van der Waals surface area contributed by atoms with Gasteiger partial charge in [-0.2, -0.15) is 18.3 Å². The molecule has 2 N–H and O–H groups in total. The van der Waals surface area contributed by atoms with Gasteiger partial charge in [0.2, 0.25) is 5.91 Å². The first kappa shape index (κ1) is 22.5. The predicted molar refractivity (Wildman–Crippen MR) is 105 cm³/mol. The Morgan fingerprint density at radius 2 is 1.87 bits per heavy atom. The zero-order valence-corrected chi connectivity index (χ0v) is 16.9. The number of carbonyl (C=O) groups excluding carboxylic acids is 1. The number of carboxylic acids is 1. The average Bonchev–Trinajstić information content (AvgIpc) is 3.24. The molecule has 1 aliphatic rings. The molecule has 2 aromatic rings. The summed E-state index contributed by atoms with van der Waals surface area (Å²) in [4.78, 5) is 22.3. The van der Waals surface area contributed by atoms with E-state index in [2.05, 4.69) is 10.4 Å². The number of aliphatic carboxylic acids is 1. The van der Waals surface area contributed by atoms with Gasteiger partial charge in [-0.1, -0.05) is 12.2 Å². The molecular formula is C21H22F3N3O4. The smallest absolute Gasteiger partial charge is 0.416 e. The van der Waals surface area contributed by atoms with E-state index >= 15 is 0 Å². The molecule has 1 aromatic heterocycles. The Morgan fingerprint density at radius 1 is 1.19 bits per heavy atom. The summed E-state index contributed by atoms with van der Waals surface area (Å²) in [5.41, 5.74) is 2.33. The average molecular weight is 437 g/mol. The molecule has 2 atom stereocenters. The van der Waals surface area contributed by atoms with Crippen LogP contribution in [-0.2, 0) is 20.5 Å². The highest BCUT2D eigenvalue weighted by Gasteiger charge is 2.30. The molecule has 0 radical (unpaired) electrons. The number of alkyl halides is 3. The molecule has 1 aromatic carbocycles. The molecule has 0 saturated heterocycles. The number of amides is 1. The van der Waals surface area contributed by atoms with Gasteiger partial charge in [-0.3, -0.25) is 4.79 Å². The Morgan fingerprint density at radius 3 is 2.48 bits per heavy atom. The summed E-state index contributed by atoms with van der Waals surface area (Å²) in [6.45, 7) is 2.80. The van der Waals surface area contributed by atoms with E-state index in [1.807, 2.05) is 26.0 Å². The maximum atomic E-state index is 12.8. The van der Waals surface area contributed by atoms with Crippen LogP contribution in [0.1, 0.15) is 34.9 Å². The lowest BCUT2D eigenvalue weighted by Gasteiger charge is -2.15. The summed E-state index contributed by atoms with van der Waals surface area (Å²) in [7, 11) is 0. The number of aryl methyl sites for hydroxylation is 1. The number of aromatic nitrogens is 2. The zero-order chi connectivity index (χ0) is 22.8. The summed E-state index contributed by atoms with van der Waals surface area (Å²) >= 11 is 0. The van der Waals surface area contributed by atoms with Crippen molar-refractivity contribution in [2.24, 2.45) is 0 Å². The number of allylic oxidation sites excluding steroid dienone is 1. The molecule has 7 nitrogen and oxygen atoms in total. The third-order valence-electron chi connectivity index (χ3n) is 5.05. The molecule has 3 rings (SSSR count). The fourth-order valence-electron chi connectivity index (χ4n) is 3.73. The normalized spacial score (nSPS) is 18.4. The van der Waals surface area contributed by atoms with Gasteiger partial charge in [0.1, 0.15) is 13.2 Å². The Balaban J connectivity index is 1.68. The van der Waals surface area contributed by atoms with Gasteiger partial charge in [-0.15, -0.1) is 0 Å². The van der Waals surface area contributed by atoms with Crippen molar-refractivity contribution in [1.29, 1.82) is 0 Å². The first-order valence-electron chi connectivity index (χ1n) is 9.57. The van der Waals surface area contributed by atoms with Crippen LogP contribution in [0, 0.1) is 13.8 Å². The molecular weight excluding hydrogens is 415 g/mol. The van der Waals surface area contributed by atoms with Crippen LogP contribution in [0.3, 0.4) is 0 Å². The third-order valence-corrected chi connectivity index (χ3v) is 5.05. The van der Waals surface area contributed by atoms with Crippen LogP contribution in [0.2, 0.25) is 0 Å². The van der Waals surface area contributed by atoms with Crippen molar-refractivity contribution in [2.75, 3.05) is 13.2 Å². The highest BCUT2D eigenvalue weighted by Crippen LogP contribution is 2.34. The molecule has 1 heterocycles. The number of rotatable bonds is 7. The van der Waals surface area contributed by atoms with Crippen molar-refractivity contribution in [3.63, 3.8) is 0 Å². The summed E-state index contributed by atoms with van der Waals surface area (Å²) in [6.07, 6.45) is 0.00183. The second-order valence-electron chi connectivity index (χ2n) is 7.33. The minimum absolute atomic E-state index is 0.0200. The SMILES string of the molecule is Cc1nn(-c2ccc(C(F)(F)F)cc2)c(C)c1[C@H]1C=C[C@@H](NC(=O)COCC(=O)O)C1. The maximum Gasteiger partial charge on any atom is 0.416 e. The van der Waals surface area contributed by atoms with Crippen molar-refractivity contribution in [1.82, 2.24) is 15.1 Å². The topological polar surface area (TPSA) is 93.5 Å². The Hall–Kier alpha value is -3.14. The second kappa shape index (κ2) is 8.93. The van der Waals surface area contributed by atoms with Crippen molar-refractivity contribution >= 4 is 11.9 Å². The minimum atomic E-state index is -4.40. The minimum Gasteiger partial charge on any atom is -0.480 e. The van der Waals surface area contributed by atoms with Gasteiger partial charge in [0.05, 0.1) is 16.9 Å². The zero-order valence-electron chi connectivity index (χ0n) is 16.9. The van der Waals surface area contributed by atoms with E-state index in [4.69, 9.17) is 9.84 Å². The monoisotopic (exact) mass is 437 g/mol. The van der Waals surface area contributed by atoms with Crippen molar-refractivity contribution in [3.05, 3.63) is 58.9 Å². The van der Waals surface area contributed by atoms with E-state index in [-0.39, 0.29) is 18.6 Å². The first-order valence-corrected chi connectivity index (χ1v) is 9.57. The van der Waals surface area contributed by atoms with Gasteiger partial charge in [-0.25, -0.2) is 9.48 Å². The van der Waals surface area contributed by atoms with E-state index in [1.165, 1.54) is 12.1 Å². The summed E-state index contributed by atoms with van der Waals surface area (Å²) in [6, 6.07) is 4.59. The Labute approximate surface area is 176 Å². The standard InChI is InChI=1S/C21H22F3N3O4/c1-12-20(14-3-6-16(9-14)25-18(28)10-31-11-19(29)30)13(2)27(26-12)17-7-4-15(5-8-17)21(22,23)24/h3-8,14,16H,9-11H2,1-2H3,(H,25,28)(H,29,30)/t14-,16+/m0/s1. The lowest BCUT2D eigenvalue weighted by atomic mass is 9.96. The van der Waals surface area contributed by atoms with Crippen LogP contribution in [-0.4, -0.2) is 46.0 Å². The number of carbonyl (C=O) groups is 2. The molecule has 166 valence electrons. The number of benzene rings is 1. The maximum absolute atomic E-state index is 12.8. The highest BCUT2D eigenvalue weighted by molar-refractivity contribution is 5.78. The number of nitrogens with one attached hydrogen (secondary N) is 1. The number of nitrogens with zero attached hydrogens (tertiary/aromatic N) is 2. The first-order chi connectivity index (χ1) is 14.6. The fourth-order valence-corrected chi connectivity index (χ4v) is 3.73. The molecule has 0 saturated carbocycles. The van der Waals surface area contributed by atoms with Gasteiger partial charge >= 0.3 is 12.1 Å². The van der Waals surface area contributed by atoms with E-state index in [0.717, 1.165) is 29.1 Å². The molecule has 1 amide bonds. The molecule has 0 bridgehead atoms. The van der Waals surface area contributed by atoms with E-state index in [9.17, 15) is 22.8 Å². The largest absolute Gasteiger partial charge is 0.480 e. The molecule has 0 spiro atoms. The van der Waals surface area contributed by atoms with Gasteiger partial charge in [0, 0.05) is 23.2 Å². The molecule has 0 fully saturated rings. The number of carboxylic acid groups (broad SMARTS) is 1. The van der Waals surface area contributed by atoms with Crippen molar-refractivity contribution in [2.45, 2.75) is 38.4 Å². The van der Waals surface area contributed by atoms with Crippen molar-refractivity contribution < 1.29 is 32.6 Å². The van der Waals surface area contributed by atoms with Gasteiger partial charge in [0.15, 0.2) is 0 Å². The van der Waals surface area contributed by atoms with Gasteiger partial charge in [-0.05, 0) is 44.5 Å². The summed E-state index contributed by atoms with van der Waals surface area (Å²) in [5.74, 6) is -1.58. The molecule has 31 heavy (non-hydrogen) atoms.